The normalized spacial score (nSPS) is 10.9. The Kier molecular flexibility index (Phi) is 2.22. The highest BCUT2D eigenvalue weighted by atomic mass is 15.0. The lowest BCUT2D eigenvalue weighted by atomic mass is 10.1. The van der Waals surface area contributed by atoms with E-state index in [9.17, 15) is 0 Å². The van der Waals surface area contributed by atoms with Crippen molar-refractivity contribution in [2.24, 2.45) is 0 Å². The Balaban J connectivity index is 2.37. The van der Waals surface area contributed by atoms with Crippen LogP contribution in [0.2, 0.25) is 0 Å². The minimum Gasteiger partial charge on any atom is -0.299 e. The monoisotopic (exact) mass is 222 g/mol. The molecule has 0 amide bonds. The molecule has 2 aromatic heterocycles. The molecule has 0 fully saturated rings. The predicted molar refractivity (Wildman–Crippen MR) is 70.1 cm³/mol. The maximum atomic E-state index is 4.65. The molecular weight excluding hydrogens is 208 g/mol. The summed E-state index contributed by atoms with van der Waals surface area (Å²) in [6.45, 7) is 4.16. The van der Waals surface area contributed by atoms with E-state index < -0.39 is 0 Å². The number of fused-ring (bicyclic) bond motifs is 1. The third kappa shape index (κ3) is 1.53. The van der Waals surface area contributed by atoms with Gasteiger partial charge in [-0.25, -0.2) is 4.98 Å². The summed E-state index contributed by atoms with van der Waals surface area (Å²) in [5.74, 6) is 0. The second-order valence-electron chi connectivity index (χ2n) is 4.30. The van der Waals surface area contributed by atoms with Crippen molar-refractivity contribution in [1.82, 2.24) is 9.38 Å². The predicted octanol–water partition coefficient (Wildman–Crippen LogP) is 3.62. The summed E-state index contributed by atoms with van der Waals surface area (Å²) in [4.78, 5) is 4.65. The summed E-state index contributed by atoms with van der Waals surface area (Å²) >= 11 is 0. The zero-order chi connectivity index (χ0) is 11.8. The lowest BCUT2D eigenvalue weighted by Gasteiger charge is -2.03. The van der Waals surface area contributed by atoms with Gasteiger partial charge in [0.1, 0.15) is 5.65 Å². The maximum Gasteiger partial charge on any atom is 0.140 e. The molecule has 0 saturated carbocycles. The average Bonchev–Trinajstić information content (AvgIpc) is 2.68. The van der Waals surface area contributed by atoms with E-state index >= 15 is 0 Å². The molecule has 0 spiro atoms. The van der Waals surface area contributed by atoms with Crippen molar-refractivity contribution in [2.45, 2.75) is 13.8 Å². The maximum absolute atomic E-state index is 4.65. The van der Waals surface area contributed by atoms with Crippen LogP contribution in [0.25, 0.3) is 16.9 Å². The molecule has 3 aromatic rings. The van der Waals surface area contributed by atoms with Crippen LogP contribution in [0.4, 0.5) is 0 Å². The largest absolute Gasteiger partial charge is 0.299 e. The molecule has 3 rings (SSSR count). The molecule has 17 heavy (non-hydrogen) atoms. The lowest BCUT2D eigenvalue weighted by molar-refractivity contribution is 1.17. The molecule has 0 aliphatic rings. The van der Waals surface area contributed by atoms with Crippen molar-refractivity contribution >= 4 is 5.65 Å². The highest BCUT2D eigenvalue weighted by molar-refractivity contribution is 5.68. The van der Waals surface area contributed by atoms with E-state index in [1.807, 2.05) is 6.07 Å². The fourth-order valence-corrected chi connectivity index (χ4v) is 2.26. The molecule has 2 heterocycles. The van der Waals surface area contributed by atoms with Gasteiger partial charge in [-0.3, -0.25) is 4.40 Å². The van der Waals surface area contributed by atoms with Gasteiger partial charge in [0.15, 0.2) is 0 Å². The molecule has 0 saturated heterocycles. The second kappa shape index (κ2) is 3.74. The van der Waals surface area contributed by atoms with Gasteiger partial charge in [0.2, 0.25) is 0 Å². The average molecular weight is 222 g/mol. The Morgan fingerprint density at radius 2 is 1.71 bits per heavy atom. The number of rotatable bonds is 1. The van der Waals surface area contributed by atoms with Crippen molar-refractivity contribution in [2.75, 3.05) is 0 Å². The lowest BCUT2D eigenvalue weighted by Crippen LogP contribution is -1.90. The Labute approximate surface area is 101 Å². The molecule has 0 aliphatic carbocycles. The van der Waals surface area contributed by atoms with Crippen LogP contribution < -0.4 is 0 Å². The summed E-state index contributed by atoms with van der Waals surface area (Å²) in [6, 6.07) is 14.6. The van der Waals surface area contributed by atoms with Crippen LogP contribution in [0.15, 0.2) is 48.7 Å². The van der Waals surface area contributed by atoms with Crippen LogP contribution in [-0.2, 0) is 0 Å². The molecule has 1 aromatic carbocycles. The summed E-state index contributed by atoms with van der Waals surface area (Å²) in [7, 11) is 0. The van der Waals surface area contributed by atoms with Gasteiger partial charge in [0, 0.05) is 11.8 Å². The van der Waals surface area contributed by atoms with Crippen molar-refractivity contribution in [3.8, 4) is 11.3 Å². The van der Waals surface area contributed by atoms with Crippen LogP contribution >= 0.6 is 0 Å². The number of pyridine rings is 1. The molecule has 0 N–H and O–H groups in total. The van der Waals surface area contributed by atoms with Crippen LogP contribution in [0.3, 0.4) is 0 Å². The number of aryl methyl sites for hydroxylation is 2. The van der Waals surface area contributed by atoms with E-state index in [0.717, 1.165) is 11.3 Å². The van der Waals surface area contributed by atoms with Crippen LogP contribution in [-0.4, -0.2) is 9.38 Å². The molecular formula is C15H14N2. The zero-order valence-corrected chi connectivity index (χ0v) is 10.0. The minimum atomic E-state index is 1.05. The Bertz CT molecular complexity index is 666. The summed E-state index contributed by atoms with van der Waals surface area (Å²) in [5.41, 5.74) is 5.72. The fourth-order valence-electron chi connectivity index (χ4n) is 2.26. The molecule has 0 unspecified atom stereocenters. The van der Waals surface area contributed by atoms with E-state index in [-0.39, 0.29) is 0 Å². The number of benzene rings is 1. The zero-order valence-electron chi connectivity index (χ0n) is 10.0. The highest BCUT2D eigenvalue weighted by Crippen LogP contribution is 2.25. The first-order chi connectivity index (χ1) is 8.27. The van der Waals surface area contributed by atoms with Gasteiger partial charge >= 0.3 is 0 Å². The first-order valence-corrected chi connectivity index (χ1v) is 5.77. The Morgan fingerprint density at radius 3 is 2.47 bits per heavy atom. The van der Waals surface area contributed by atoms with E-state index in [2.05, 4.69) is 65.8 Å². The van der Waals surface area contributed by atoms with E-state index in [4.69, 9.17) is 0 Å². The van der Waals surface area contributed by atoms with Crippen molar-refractivity contribution < 1.29 is 0 Å². The smallest absolute Gasteiger partial charge is 0.140 e. The molecule has 0 bridgehead atoms. The van der Waals surface area contributed by atoms with Gasteiger partial charge in [-0.15, -0.1) is 0 Å². The first kappa shape index (κ1) is 10.1. The SMILES string of the molecule is Cc1nc2c(C)cccn2c1-c1ccccc1. The number of aromatic nitrogens is 2. The van der Waals surface area contributed by atoms with Gasteiger partial charge in [0.05, 0.1) is 11.4 Å². The van der Waals surface area contributed by atoms with E-state index in [1.54, 1.807) is 0 Å². The Hall–Kier alpha value is -2.09. The number of hydrogen-bond acceptors (Lipinski definition) is 1. The molecule has 0 radical (unpaired) electrons. The Morgan fingerprint density at radius 1 is 0.941 bits per heavy atom. The van der Waals surface area contributed by atoms with Crippen molar-refractivity contribution in [1.29, 1.82) is 0 Å². The summed E-state index contributed by atoms with van der Waals surface area (Å²) in [6.07, 6.45) is 2.07. The number of hydrogen-bond donors (Lipinski definition) is 0. The van der Waals surface area contributed by atoms with Crippen LogP contribution in [0.5, 0.6) is 0 Å². The number of imidazole rings is 1. The van der Waals surface area contributed by atoms with Gasteiger partial charge in [-0.2, -0.15) is 0 Å². The van der Waals surface area contributed by atoms with Gasteiger partial charge in [-0.1, -0.05) is 36.4 Å². The van der Waals surface area contributed by atoms with Crippen LogP contribution in [0.1, 0.15) is 11.3 Å². The summed E-state index contributed by atoms with van der Waals surface area (Å²) < 4.78 is 2.17. The molecule has 2 nitrogen and oxygen atoms in total. The topological polar surface area (TPSA) is 17.3 Å². The van der Waals surface area contributed by atoms with E-state index in [0.29, 0.717) is 0 Å². The number of nitrogens with zero attached hydrogens (tertiary/aromatic N) is 2. The van der Waals surface area contributed by atoms with Gasteiger partial charge in [-0.05, 0) is 25.5 Å². The second-order valence-corrected chi connectivity index (χ2v) is 4.30. The minimum absolute atomic E-state index is 1.05. The van der Waals surface area contributed by atoms with Crippen molar-refractivity contribution in [3.63, 3.8) is 0 Å². The molecule has 0 aliphatic heterocycles. The molecule has 0 atom stereocenters. The van der Waals surface area contributed by atoms with Gasteiger partial charge in [0.25, 0.3) is 0 Å². The molecule has 84 valence electrons. The van der Waals surface area contributed by atoms with Crippen molar-refractivity contribution in [3.05, 3.63) is 59.9 Å². The standard InChI is InChI=1S/C15H14N2/c1-11-7-6-10-17-14(12(2)16-15(11)17)13-8-4-3-5-9-13/h3-10H,1-2H3. The van der Waals surface area contributed by atoms with E-state index in [1.165, 1.54) is 16.8 Å². The summed E-state index contributed by atoms with van der Waals surface area (Å²) in [5, 5.41) is 0. The quantitative estimate of drug-likeness (QED) is 0.614. The highest BCUT2D eigenvalue weighted by Gasteiger charge is 2.11. The first-order valence-electron chi connectivity index (χ1n) is 5.77. The molecule has 2 heteroatoms. The van der Waals surface area contributed by atoms with Crippen LogP contribution in [0, 0.1) is 13.8 Å². The third-order valence-corrected chi connectivity index (χ3v) is 3.07. The third-order valence-electron chi connectivity index (χ3n) is 3.07. The van der Waals surface area contributed by atoms with Gasteiger partial charge < -0.3 is 0 Å². The fraction of sp³-hybridized carbons (Fsp3) is 0.133.